The fraction of sp³-hybridized carbons (Fsp3) is 0.462. The summed E-state index contributed by atoms with van der Waals surface area (Å²) in [5, 5.41) is 0. The second-order valence-corrected chi connectivity index (χ2v) is 4.92. The molecule has 1 unspecified atom stereocenters. The third-order valence-electron chi connectivity index (χ3n) is 3.48. The summed E-state index contributed by atoms with van der Waals surface area (Å²) in [7, 11) is 0. The highest BCUT2D eigenvalue weighted by Gasteiger charge is 2.39. The van der Waals surface area contributed by atoms with Gasteiger partial charge in [0.25, 0.3) is 0 Å². The van der Waals surface area contributed by atoms with Gasteiger partial charge in [0, 0.05) is 23.3 Å². The number of carbonyl (C=O) groups excluding carboxylic acids is 1. The Morgan fingerprint density at radius 3 is 2.88 bits per heavy atom. The van der Waals surface area contributed by atoms with E-state index >= 15 is 0 Å². The van der Waals surface area contributed by atoms with Crippen molar-refractivity contribution in [3.05, 3.63) is 23.8 Å². The van der Waals surface area contributed by atoms with E-state index in [1.54, 1.807) is 0 Å². The van der Waals surface area contributed by atoms with Gasteiger partial charge in [-0.3, -0.25) is 4.79 Å². The lowest BCUT2D eigenvalue weighted by Gasteiger charge is -2.22. The van der Waals surface area contributed by atoms with Crippen molar-refractivity contribution in [3.8, 4) is 0 Å². The molecule has 1 fully saturated rings. The first kappa shape index (κ1) is 9.70. The second-order valence-electron chi connectivity index (χ2n) is 4.92. The number of hydrogen-bond donors (Lipinski definition) is 1. The van der Waals surface area contributed by atoms with Crippen molar-refractivity contribution in [2.75, 3.05) is 10.6 Å². The van der Waals surface area contributed by atoms with Crippen LogP contribution in [0, 0.1) is 5.92 Å². The standard InChI is InChI=1S/C13H16N2O/c1-8-6-10-7-11(14)4-5-12(10)15(8)13(16)9-2-3-9/h4-5,7-9H,2-3,6,14H2,1H3. The quantitative estimate of drug-likeness (QED) is 0.729. The van der Waals surface area contributed by atoms with Crippen LogP contribution in [0.2, 0.25) is 0 Å². The van der Waals surface area contributed by atoms with Crippen LogP contribution >= 0.6 is 0 Å². The van der Waals surface area contributed by atoms with E-state index in [0.717, 1.165) is 30.6 Å². The highest BCUT2D eigenvalue weighted by atomic mass is 16.2. The van der Waals surface area contributed by atoms with Gasteiger partial charge in [-0.15, -0.1) is 0 Å². The van der Waals surface area contributed by atoms with Crippen molar-refractivity contribution in [2.45, 2.75) is 32.2 Å². The van der Waals surface area contributed by atoms with E-state index in [0.29, 0.717) is 5.91 Å². The maximum absolute atomic E-state index is 12.2. The third kappa shape index (κ3) is 1.39. The molecule has 1 amide bonds. The number of hydrogen-bond acceptors (Lipinski definition) is 2. The Hall–Kier alpha value is -1.51. The van der Waals surface area contributed by atoms with Gasteiger partial charge >= 0.3 is 0 Å². The van der Waals surface area contributed by atoms with Crippen LogP contribution in [0.5, 0.6) is 0 Å². The summed E-state index contributed by atoms with van der Waals surface area (Å²) >= 11 is 0. The van der Waals surface area contributed by atoms with E-state index in [2.05, 4.69) is 6.92 Å². The van der Waals surface area contributed by atoms with E-state index in [-0.39, 0.29) is 12.0 Å². The Kier molecular flexibility index (Phi) is 1.96. The molecule has 1 saturated carbocycles. The number of fused-ring (bicyclic) bond motifs is 1. The highest BCUT2D eigenvalue weighted by Crippen LogP contribution is 2.39. The van der Waals surface area contributed by atoms with Crippen LogP contribution in [0.3, 0.4) is 0 Å². The predicted molar refractivity (Wildman–Crippen MR) is 64.2 cm³/mol. The molecule has 0 aromatic heterocycles. The lowest BCUT2D eigenvalue weighted by Crippen LogP contribution is -2.36. The molecular weight excluding hydrogens is 200 g/mol. The summed E-state index contributed by atoms with van der Waals surface area (Å²) < 4.78 is 0. The molecule has 2 aliphatic rings. The zero-order valence-electron chi connectivity index (χ0n) is 9.44. The molecule has 1 aliphatic heterocycles. The smallest absolute Gasteiger partial charge is 0.230 e. The van der Waals surface area contributed by atoms with Gasteiger partial charge in [-0.05, 0) is 49.9 Å². The number of nitrogens with zero attached hydrogens (tertiary/aromatic N) is 1. The SMILES string of the molecule is CC1Cc2cc(N)ccc2N1C(=O)C1CC1. The van der Waals surface area contributed by atoms with Gasteiger partial charge in [-0.25, -0.2) is 0 Å². The molecule has 2 N–H and O–H groups in total. The predicted octanol–water partition coefficient (Wildman–Crippen LogP) is 1.96. The number of rotatable bonds is 1. The van der Waals surface area contributed by atoms with Crippen molar-refractivity contribution in [1.29, 1.82) is 0 Å². The Morgan fingerprint density at radius 1 is 1.44 bits per heavy atom. The Balaban J connectivity index is 1.98. The largest absolute Gasteiger partial charge is 0.399 e. The number of anilines is 2. The fourth-order valence-electron chi connectivity index (χ4n) is 2.51. The molecule has 0 radical (unpaired) electrons. The number of amides is 1. The average Bonchev–Trinajstić information content (AvgIpc) is 3.01. The monoisotopic (exact) mass is 216 g/mol. The van der Waals surface area contributed by atoms with Crippen molar-refractivity contribution < 1.29 is 4.79 Å². The number of carbonyl (C=O) groups is 1. The minimum Gasteiger partial charge on any atom is -0.399 e. The van der Waals surface area contributed by atoms with Crippen LogP contribution in [0.4, 0.5) is 11.4 Å². The van der Waals surface area contributed by atoms with Crippen LogP contribution in [0.25, 0.3) is 0 Å². The van der Waals surface area contributed by atoms with E-state index < -0.39 is 0 Å². The first-order valence-electron chi connectivity index (χ1n) is 5.88. The van der Waals surface area contributed by atoms with Gasteiger partial charge in [-0.1, -0.05) is 0 Å². The lowest BCUT2D eigenvalue weighted by molar-refractivity contribution is -0.120. The van der Waals surface area contributed by atoms with E-state index in [4.69, 9.17) is 5.73 Å². The van der Waals surface area contributed by atoms with Crippen LogP contribution in [-0.4, -0.2) is 11.9 Å². The maximum Gasteiger partial charge on any atom is 0.230 e. The van der Waals surface area contributed by atoms with Crippen molar-refractivity contribution >= 4 is 17.3 Å². The van der Waals surface area contributed by atoms with Crippen LogP contribution in [0.15, 0.2) is 18.2 Å². The summed E-state index contributed by atoms with van der Waals surface area (Å²) in [6.45, 7) is 2.11. The van der Waals surface area contributed by atoms with Crippen molar-refractivity contribution in [2.24, 2.45) is 5.92 Å². The van der Waals surface area contributed by atoms with Gasteiger partial charge < -0.3 is 10.6 Å². The van der Waals surface area contributed by atoms with Gasteiger partial charge in [0.05, 0.1) is 0 Å². The summed E-state index contributed by atoms with van der Waals surface area (Å²) in [6.07, 6.45) is 3.05. The number of benzene rings is 1. The normalized spacial score (nSPS) is 23.3. The first-order chi connectivity index (χ1) is 7.66. The summed E-state index contributed by atoms with van der Waals surface area (Å²) in [5.41, 5.74) is 8.83. The molecule has 1 aromatic rings. The van der Waals surface area contributed by atoms with Crippen molar-refractivity contribution in [1.82, 2.24) is 0 Å². The maximum atomic E-state index is 12.2. The molecule has 16 heavy (non-hydrogen) atoms. The lowest BCUT2D eigenvalue weighted by atomic mass is 10.1. The Bertz CT molecular complexity index is 451. The van der Waals surface area contributed by atoms with Crippen molar-refractivity contribution in [3.63, 3.8) is 0 Å². The molecule has 1 aliphatic carbocycles. The van der Waals surface area contributed by atoms with Gasteiger partial charge in [0.1, 0.15) is 0 Å². The van der Waals surface area contributed by atoms with E-state index in [1.807, 2.05) is 23.1 Å². The zero-order chi connectivity index (χ0) is 11.3. The fourth-order valence-corrected chi connectivity index (χ4v) is 2.51. The van der Waals surface area contributed by atoms with E-state index in [1.165, 1.54) is 5.56 Å². The molecule has 1 heterocycles. The topological polar surface area (TPSA) is 46.3 Å². The molecule has 84 valence electrons. The molecule has 0 spiro atoms. The van der Waals surface area contributed by atoms with Crippen LogP contribution in [0.1, 0.15) is 25.3 Å². The van der Waals surface area contributed by atoms with Gasteiger partial charge in [-0.2, -0.15) is 0 Å². The molecule has 0 bridgehead atoms. The molecule has 1 atom stereocenters. The van der Waals surface area contributed by atoms with Crippen LogP contribution in [-0.2, 0) is 11.2 Å². The summed E-state index contributed by atoms with van der Waals surface area (Å²) in [6, 6.07) is 6.13. The highest BCUT2D eigenvalue weighted by molar-refractivity contribution is 5.99. The Labute approximate surface area is 95.2 Å². The van der Waals surface area contributed by atoms with Gasteiger partial charge in [0.15, 0.2) is 0 Å². The summed E-state index contributed by atoms with van der Waals surface area (Å²) in [4.78, 5) is 14.1. The molecule has 0 saturated heterocycles. The summed E-state index contributed by atoms with van der Waals surface area (Å²) in [5.74, 6) is 0.585. The van der Waals surface area contributed by atoms with Gasteiger partial charge in [0.2, 0.25) is 5.91 Å². The average molecular weight is 216 g/mol. The second kappa shape index (κ2) is 3.24. The number of nitrogens with two attached hydrogens (primary N) is 1. The number of nitrogen functional groups attached to an aromatic ring is 1. The molecular formula is C13H16N2O. The minimum absolute atomic E-state index is 0.282. The third-order valence-corrected chi connectivity index (χ3v) is 3.48. The molecule has 3 heteroatoms. The van der Waals surface area contributed by atoms with Crippen LogP contribution < -0.4 is 10.6 Å². The van der Waals surface area contributed by atoms with E-state index in [9.17, 15) is 4.79 Å². The first-order valence-corrected chi connectivity index (χ1v) is 5.88. The molecule has 1 aromatic carbocycles. The minimum atomic E-state index is 0.282. The molecule has 3 nitrogen and oxygen atoms in total. The Morgan fingerprint density at radius 2 is 2.19 bits per heavy atom. The molecule has 3 rings (SSSR count). The zero-order valence-corrected chi connectivity index (χ0v) is 9.44.